The van der Waals surface area contributed by atoms with Gasteiger partial charge in [-0.15, -0.1) is 0 Å². The minimum absolute atomic E-state index is 0.00992. The van der Waals surface area contributed by atoms with E-state index in [1.165, 1.54) is 0 Å². The van der Waals surface area contributed by atoms with Crippen LogP contribution in [0.5, 0.6) is 0 Å². The molecule has 0 bridgehead atoms. The Bertz CT molecular complexity index is 621. The number of aliphatic hydroxyl groups is 5. The molecule has 13 atom stereocenters. The molecule has 1 saturated carbocycles. The maximum atomic E-state index is 11.4. The van der Waals surface area contributed by atoms with Crippen LogP contribution in [0, 0.1) is 0 Å². The molecule has 0 aromatic carbocycles. The highest BCUT2D eigenvalue weighted by atomic mass is 16.8. The van der Waals surface area contributed by atoms with Gasteiger partial charge in [0, 0.05) is 25.0 Å². The van der Waals surface area contributed by atoms with Crippen LogP contribution < -0.4 is 28.7 Å². The summed E-state index contributed by atoms with van der Waals surface area (Å²) in [5, 5.41) is 51.4. The zero-order valence-electron chi connectivity index (χ0n) is 17.7. The van der Waals surface area contributed by atoms with Gasteiger partial charge in [0.2, 0.25) is 0 Å². The standard InChI is InChI=1S/C18H37N5O9/c19-4-10-9(25)2-8(22)16(29-10)32-18(28)3-6(20)1-7(21)15(18)31-17-14(27)12(23)13(26)11(5-24)30-17/h6-17,24-28H,1-5,19-23H2/t6?,7-,8?,9+,10+,11+,12?,13-,14?,15?,16-,17-,18+/m1/s1. The average molecular weight is 468 g/mol. The van der Waals surface area contributed by atoms with E-state index < -0.39 is 85.8 Å². The third-order valence-corrected chi connectivity index (χ3v) is 6.33. The molecule has 32 heavy (non-hydrogen) atoms. The van der Waals surface area contributed by atoms with E-state index >= 15 is 0 Å². The number of hydrogen-bond acceptors (Lipinski definition) is 14. The SMILES string of the molecule is NC[C@@H]1O[C@H](O[C@@]2(O)CC(N)C[C@@H](N)C2O[C@H]2O[C@@H](CO)[C@@H](O)C(N)C2O)C(N)C[C@@H]1O. The van der Waals surface area contributed by atoms with Crippen LogP contribution in [-0.4, -0.2) is 118 Å². The van der Waals surface area contributed by atoms with Crippen molar-refractivity contribution in [3.63, 3.8) is 0 Å². The van der Waals surface area contributed by atoms with Gasteiger partial charge in [-0.1, -0.05) is 0 Å². The monoisotopic (exact) mass is 467 g/mol. The van der Waals surface area contributed by atoms with Crippen molar-refractivity contribution in [2.45, 2.75) is 98.4 Å². The molecule has 2 aliphatic heterocycles. The fourth-order valence-corrected chi connectivity index (χ4v) is 4.51. The Labute approximate surface area is 185 Å². The predicted octanol–water partition coefficient (Wildman–Crippen LogP) is -5.95. The van der Waals surface area contributed by atoms with Crippen LogP contribution in [0.2, 0.25) is 0 Å². The zero-order valence-corrected chi connectivity index (χ0v) is 17.7. The van der Waals surface area contributed by atoms with Gasteiger partial charge in [0.05, 0.1) is 30.9 Å². The molecule has 5 unspecified atom stereocenters. The van der Waals surface area contributed by atoms with Gasteiger partial charge in [0.15, 0.2) is 18.4 Å². The van der Waals surface area contributed by atoms with Gasteiger partial charge in [-0.2, -0.15) is 0 Å². The molecule has 0 amide bonds. The molecule has 1 aliphatic carbocycles. The molecular formula is C18H37N5O9. The molecule has 2 heterocycles. The largest absolute Gasteiger partial charge is 0.394 e. The second kappa shape index (κ2) is 10.4. The van der Waals surface area contributed by atoms with Crippen LogP contribution in [0.25, 0.3) is 0 Å². The summed E-state index contributed by atoms with van der Waals surface area (Å²) in [4.78, 5) is 0. The number of nitrogens with two attached hydrogens (primary N) is 5. The van der Waals surface area contributed by atoms with Crippen LogP contribution in [0.4, 0.5) is 0 Å². The summed E-state index contributed by atoms with van der Waals surface area (Å²) in [6.07, 6.45) is -9.10. The highest BCUT2D eigenvalue weighted by Crippen LogP contribution is 2.36. The lowest BCUT2D eigenvalue weighted by Gasteiger charge is -2.50. The second-order valence-corrected chi connectivity index (χ2v) is 8.91. The lowest BCUT2D eigenvalue weighted by atomic mass is 9.83. The summed E-state index contributed by atoms with van der Waals surface area (Å²) in [5.41, 5.74) is 29.8. The molecule has 2 saturated heterocycles. The van der Waals surface area contributed by atoms with Crippen LogP contribution in [0.1, 0.15) is 19.3 Å². The first-order valence-corrected chi connectivity index (χ1v) is 10.7. The first kappa shape index (κ1) is 26.1. The van der Waals surface area contributed by atoms with E-state index in [9.17, 15) is 25.5 Å². The first-order valence-electron chi connectivity index (χ1n) is 10.7. The van der Waals surface area contributed by atoms with Crippen molar-refractivity contribution in [2.75, 3.05) is 13.2 Å². The number of rotatable bonds is 6. The Hall–Kier alpha value is -0.560. The van der Waals surface area contributed by atoms with Gasteiger partial charge in [-0.3, -0.25) is 0 Å². The zero-order chi connectivity index (χ0) is 23.8. The molecule has 0 aromatic heterocycles. The van der Waals surface area contributed by atoms with Crippen molar-refractivity contribution in [1.29, 1.82) is 0 Å². The smallest absolute Gasteiger partial charge is 0.198 e. The van der Waals surface area contributed by atoms with E-state index in [1.54, 1.807) is 0 Å². The molecule has 0 radical (unpaired) electrons. The third-order valence-electron chi connectivity index (χ3n) is 6.33. The normalized spacial score (nSPS) is 52.7. The molecule has 0 spiro atoms. The molecular weight excluding hydrogens is 430 g/mol. The third kappa shape index (κ3) is 5.24. The summed E-state index contributed by atoms with van der Waals surface area (Å²) in [5.74, 6) is -2.10. The Morgan fingerprint density at radius 2 is 1.56 bits per heavy atom. The van der Waals surface area contributed by atoms with Gasteiger partial charge in [0.1, 0.15) is 24.4 Å². The minimum atomic E-state index is -2.10. The van der Waals surface area contributed by atoms with E-state index in [-0.39, 0.29) is 25.8 Å². The maximum absolute atomic E-state index is 11.4. The van der Waals surface area contributed by atoms with Gasteiger partial charge >= 0.3 is 0 Å². The fraction of sp³-hybridized carbons (Fsp3) is 1.00. The number of hydrogen-bond donors (Lipinski definition) is 10. The summed E-state index contributed by atoms with van der Waals surface area (Å²) in [6.45, 7) is -0.562. The summed E-state index contributed by atoms with van der Waals surface area (Å²) < 4.78 is 22.7. The maximum Gasteiger partial charge on any atom is 0.198 e. The minimum Gasteiger partial charge on any atom is -0.394 e. The molecule has 3 aliphatic rings. The Kier molecular flexibility index (Phi) is 8.44. The van der Waals surface area contributed by atoms with E-state index in [0.717, 1.165) is 0 Å². The van der Waals surface area contributed by atoms with E-state index in [2.05, 4.69) is 0 Å². The van der Waals surface area contributed by atoms with Gasteiger partial charge in [-0.25, -0.2) is 0 Å². The lowest BCUT2D eigenvalue weighted by Crippen LogP contribution is -2.69. The highest BCUT2D eigenvalue weighted by Gasteiger charge is 2.54. The second-order valence-electron chi connectivity index (χ2n) is 8.91. The molecule has 14 nitrogen and oxygen atoms in total. The quantitative estimate of drug-likeness (QED) is 0.163. The van der Waals surface area contributed by atoms with E-state index in [1.807, 2.05) is 0 Å². The topological polar surface area (TPSA) is 268 Å². The predicted molar refractivity (Wildman–Crippen MR) is 108 cm³/mol. The van der Waals surface area contributed by atoms with Crippen molar-refractivity contribution < 1.29 is 44.5 Å². The Morgan fingerprint density at radius 1 is 0.906 bits per heavy atom. The van der Waals surface area contributed by atoms with Crippen molar-refractivity contribution in [3.8, 4) is 0 Å². The molecule has 15 N–H and O–H groups in total. The van der Waals surface area contributed by atoms with Crippen LogP contribution in [0.15, 0.2) is 0 Å². The highest BCUT2D eigenvalue weighted by molar-refractivity contribution is 5.00. The van der Waals surface area contributed by atoms with Crippen LogP contribution >= 0.6 is 0 Å². The molecule has 3 rings (SSSR count). The molecule has 14 heteroatoms. The molecule has 0 aromatic rings. The van der Waals surface area contributed by atoms with Crippen LogP contribution in [0.3, 0.4) is 0 Å². The van der Waals surface area contributed by atoms with Gasteiger partial charge < -0.3 is 73.1 Å². The number of aliphatic hydroxyl groups excluding tert-OH is 4. The van der Waals surface area contributed by atoms with Gasteiger partial charge in [0.25, 0.3) is 0 Å². The Balaban J connectivity index is 1.79. The van der Waals surface area contributed by atoms with Gasteiger partial charge in [-0.05, 0) is 12.8 Å². The van der Waals surface area contributed by atoms with Crippen LogP contribution in [-0.2, 0) is 18.9 Å². The van der Waals surface area contributed by atoms with Crippen molar-refractivity contribution in [3.05, 3.63) is 0 Å². The molecule has 3 fully saturated rings. The number of ether oxygens (including phenoxy) is 4. The molecule has 188 valence electrons. The Morgan fingerprint density at radius 3 is 2.19 bits per heavy atom. The first-order chi connectivity index (χ1) is 15.0. The van der Waals surface area contributed by atoms with E-state index in [4.69, 9.17) is 47.6 Å². The summed E-state index contributed by atoms with van der Waals surface area (Å²) >= 11 is 0. The van der Waals surface area contributed by atoms with Crippen molar-refractivity contribution >= 4 is 0 Å². The average Bonchev–Trinajstić information content (AvgIpc) is 2.72. The summed E-state index contributed by atoms with van der Waals surface area (Å²) in [7, 11) is 0. The fourth-order valence-electron chi connectivity index (χ4n) is 4.51. The summed E-state index contributed by atoms with van der Waals surface area (Å²) in [6, 6.07) is -3.35. The van der Waals surface area contributed by atoms with Crippen molar-refractivity contribution in [1.82, 2.24) is 0 Å². The van der Waals surface area contributed by atoms with Crippen molar-refractivity contribution in [2.24, 2.45) is 28.7 Å². The lowest BCUT2D eigenvalue weighted by molar-refractivity contribution is -0.386. The van der Waals surface area contributed by atoms with E-state index in [0.29, 0.717) is 0 Å².